The van der Waals surface area contributed by atoms with Gasteiger partial charge in [-0.1, -0.05) is 57.5 Å². The van der Waals surface area contributed by atoms with E-state index in [1.165, 1.54) is 21.8 Å². The van der Waals surface area contributed by atoms with Crippen LogP contribution in [0.2, 0.25) is 0 Å². The van der Waals surface area contributed by atoms with Crippen molar-refractivity contribution < 1.29 is 19.1 Å². The van der Waals surface area contributed by atoms with E-state index in [-0.39, 0.29) is 5.41 Å². The standard InChI is InChI=1S/C29H37IN2O4/c1-8-29(5,6)17-22-21-16-20(12-13-23(21)31-25(22)30)19-11-9-10-18(14-19)15-24(26(33)35-7)32-27(34)36-28(2,3)4/h9-14,16,24,31H,8,15,17H2,1-7H3,(H,32,34)/t24-/m0/s1. The Morgan fingerprint density at radius 3 is 2.39 bits per heavy atom. The van der Waals surface area contributed by atoms with E-state index in [9.17, 15) is 9.59 Å². The molecule has 194 valence electrons. The van der Waals surface area contributed by atoms with Gasteiger partial charge < -0.3 is 19.8 Å². The molecule has 0 bridgehead atoms. The van der Waals surface area contributed by atoms with E-state index in [4.69, 9.17) is 9.47 Å². The number of nitrogens with one attached hydrogen (secondary N) is 2. The molecule has 1 aromatic heterocycles. The van der Waals surface area contributed by atoms with Gasteiger partial charge in [0.25, 0.3) is 0 Å². The molecule has 1 heterocycles. The Morgan fingerprint density at radius 2 is 1.75 bits per heavy atom. The first-order chi connectivity index (χ1) is 16.8. The predicted octanol–water partition coefficient (Wildman–Crippen LogP) is 7.03. The van der Waals surface area contributed by atoms with Crippen LogP contribution in [0.5, 0.6) is 0 Å². The molecule has 1 amide bonds. The Hall–Kier alpha value is -2.55. The Bertz CT molecular complexity index is 1240. The monoisotopic (exact) mass is 604 g/mol. The summed E-state index contributed by atoms with van der Waals surface area (Å²) in [6, 6.07) is 13.7. The molecule has 0 aliphatic rings. The minimum atomic E-state index is -0.850. The Labute approximate surface area is 227 Å². The molecule has 0 saturated heterocycles. The number of fused-ring (bicyclic) bond motifs is 1. The third-order valence-electron chi connectivity index (χ3n) is 6.34. The minimum absolute atomic E-state index is 0.217. The minimum Gasteiger partial charge on any atom is -0.467 e. The number of ether oxygens (including phenoxy) is 2. The van der Waals surface area contributed by atoms with Gasteiger partial charge in [-0.3, -0.25) is 0 Å². The highest BCUT2D eigenvalue weighted by Crippen LogP contribution is 2.35. The number of alkyl carbamates (subject to hydrolysis) is 1. The first-order valence-corrected chi connectivity index (χ1v) is 13.4. The van der Waals surface area contributed by atoms with Gasteiger partial charge in [-0.2, -0.15) is 0 Å². The van der Waals surface area contributed by atoms with Crippen LogP contribution in [0, 0.1) is 9.12 Å². The number of hydrogen-bond donors (Lipinski definition) is 2. The maximum Gasteiger partial charge on any atom is 0.408 e. The lowest BCUT2D eigenvalue weighted by atomic mass is 9.83. The van der Waals surface area contributed by atoms with Gasteiger partial charge >= 0.3 is 12.1 Å². The van der Waals surface area contributed by atoms with Crippen molar-refractivity contribution in [3.05, 3.63) is 57.3 Å². The fraction of sp³-hybridized carbons (Fsp3) is 0.448. The van der Waals surface area contributed by atoms with Crippen molar-refractivity contribution >= 4 is 45.6 Å². The average Bonchev–Trinajstić information content (AvgIpc) is 3.10. The molecule has 0 fully saturated rings. The quantitative estimate of drug-likeness (QED) is 0.214. The van der Waals surface area contributed by atoms with Gasteiger partial charge in [0, 0.05) is 17.3 Å². The van der Waals surface area contributed by atoms with Gasteiger partial charge in [-0.05, 0) is 89.6 Å². The molecule has 0 saturated carbocycles. The van der Waals surface area contributed by atoms with E-state index < -0.39 is 23.7 Å². The van der Waals surface area contributed by atoms with Crippen LogP contribution >= 0.6 is 22.6 Å². The maximum atomic E-state index is 12.4. The van der Waals surface area contributed by atoms with Gasteiger partial charge in [0.1, 0.15) is 11.6 Å². The van der Waals surface area contributed by atoms with Crippen LogP contribution in [0.25, 0.3) is 22.0 Å². The summed E-state index contributed by atoms with van der Waals surface area (Å²) >= 11 is 2.40. The summed E-state index contributed by atoms with van der Waals surface area (Å²) in [7, 11) is 1.31. The fourth-order valence-electron chi connectivity index (χ4n) is 4.07. The molecule has 1 atom stereocenters. The van der Waals surface area contributed by atoms with Crippen LogP contribution in [0.4, 0.5) is 4.79 Å². The summed E-state index contributed by atoms with van der Waals surface area (Å²) in [5.74, 6) is -0.516. The first-order valence-electron chi connectivity index (χ1n) is 12.3. The lowest BCUT2D eigenvalue weighted by Crippen LogP contribution is -2.45. The van der Waals surface area contributed by atoms with Crippen molar-refractivity contribution in [2.45, 2.75) is 72.4 Å². The average molecular weight is 605 g/mol. The first kappa shape index (κ1) is 28.0. The number of aromatic nitrogens is 1. The number of halogens is 1. The van der Waals surface area contributed by atoms with E-state index in [0.717, 1.165) is 35.0 Å². The van der Waals surface area contributed by atoms with Gasteiger partial charge in [0.05, 0.1) is 10.8 Å². The maximum absolute atomic E-state index is 12.4. The van der Waals surface area contributed by atoms with E-state index in [0.29, 0.717) is 6.42 Å². The molecule has 3 rings (SSSR count). The number of H-pyrrole nitrogens is 1. The van der Waals surface area contributed by atoms with Gasteiger partial charge in [0.15, 0.2) is 0 Å². The zero-order chi connectivity index (χ0) is 26.7. The molecule has 0 radical (unpaired) electrons. The summed E-state index contributed by atoms with van der Waals surface area (Å²) in [6.07, 6.45) is 1.75. The van der Waals surface area contributed by atoms with Crippen LogP contribution < -0.4 is 5.32 Å². The van der Waals surface area contributed by atoms with E-state index in [2.05, 4.69) is 84.0 Å². The highest BCUT2D eigenvalue weighted by atomic mass is 127. The molecule has 2 aromatic carbocycles. The largest absolute Gasteiger partial charge is 0.467 e. The zero-order valence-electron chi connectivity index (χ0n) is 22.3. The molecular weight excluding hydrogens is 567 g/mol. The van der Waals surface area contributed by atoms with E-state index >= 15 is 0 Å². The number of carbonyl (C=O) groups is 2. The van der Waals surface area contributed by atoms with Crippen molar-refractivity contribution in [1.82, 2.24) is 10.3 Å². The number of carbonyl (C=O) groups excluding carboxylic acids is 2. The molecule has 7 heteroatoms. The van der Waals surface area contributed by atoms with E-state index in [1.54, 1.807) is 20.8 Å². The van der Waals surface area contributed by atoms with Crippen molar-refractivity contribution in [1.29, 1.82) is 0 Å². The van der Waals surface area contributed by atoms with Gasteiger partial charge in [-0.25, -0.2) is 9.59 Å². The van der Waals surface area contributed by atoms with Gasteiger partial charge in [-0.15, -0.1) is 0 Å². The van der Waals surface area contributed by atoms with Crippen LogP contribution in [-0.2, 0) is 27.1 Å². The van der Waals surface area contributed by atoms with Gasteiger partial charge in [0.2, 0.25) is 0 Å². The third-order valence-corrected chi connectivity index (χ3v) is 7.26. The second-order valence-electron chi connectivity index (χ2n) is 11.0. The summed E-state index contributed by atoms with van der Waals surface area (Å²) in [4.78, 5) is 28.2. The van der Waals surface area contributed by atoms with Crippen molar-refractivity contribution in [3.8, 4) is 11.1 Å². The molecular formula is C29H37IN2O4. The Kier molecular flexibility index (Phi) is 8.75. The summed E-state index contributed by atoms with van der Waals surface area (Å²) < 4.78 is 11.4. The van der Waals surface area contributed by atoms with Crippen LogP contribution in [0.1, 0.15) is 59.1 Å². The van der Waals surface area contributed by atoms with Crippen LogP contribution in [0.3, 0.4) is 0 Å². The predicted molar refractivity (Wildman–Crippen MR) is 153 cm³/mol. The Morgan fingerprint density at radius 1 is 1.06 bits per heavy atom. The van der Waals surface area contributed by atoms with E-state index in [1.807, 2.05) is 12.1 Å². The molecule has 2 N–H and O–H groups in total. The number of methoxy groups -OCH3 is 1. The summed E-state index contributed by atoms with van der Waals surface area (Å²) in [5.41, 5.74) is 5.10. The second kappa shape index (κ2) is 11.2. The van der Waals surface area contributed by atoms with Crippen molar-refractivity contribution in [3.63, 3.8) is 0 Å². The molecule has 6 nitrogen and oxygen atoms in total. The third kappa shape index (κ3) is 7.24. The summed E-state index contributed by atoms with van der Waals surface area (Å²) in [5, 5.41) is 3.89. The van der Waals surface area contributed by atoms with Crippen molar-refractivity contribution in [2.75, 3.05) is 7.11 Å². The highest BCUT2D eigenvalue weighted by molar-refractivity contribution is 14.1. The lowest BCUT2D eigenvalue weighted by molar-refractivity contribution is -0.143. The molecule has 36 heavy (non-hydrogen) atoms. The zero-order valence-corrected chi connectivity index (χ0v) is 24.4. The molecule has 0 aliphatic heterocycles. The fourth-order valence-corrected chi connectivity index (χ4v) is 4.84. The van der Waals surface area contributed by atoms with Crippen LogP contribution in [-0.4, -0.2) is 35.8 Å². The summed E-state index contributed by atoms with van der Waals surface area (Å²) in [6.45, 7) is 12.2. The number of esters is 1. The molecule has 3 aromatic rings. The molecule has 0 aliphatic carbocycles. The lowest BCUT2D eigenvalue weighted by Gasteiger charge is -2.23. The highest BCUT2D eigenvalue weighted by Gasteiger charge is 2.26. The second-order valence-corrected chi connectivity index (χ2v) is 12.1. The van der Waals surface area contributed by atoms with Crippen molar-refractivity contribution in [2.24, 2.45) is 5.41 Å². The number of hydrogen-bond acceptors (Lipinski definition) is 4. The topological polar surface area (TPSA) is 80.4 Å². The number of amides is 1. The number of aromatic amines is 1. The molecule has 0 spiro atoms. The normalized spacial score (nSPS) is 12.9. The molecule has 0 unspecified atom stereocenters. The number of rotatable bonds is 8. The van der Waals surface area contributed by atoms with Crippen LogP contribution in [0.15, 0.2) is 42.5 Å². The number of benzene rings is 2. The SMILES string of the molecule is CCC(C)(C)Cc1c(I)[nH]c2ccc(-c3cccc(C[C@H](NC(=O)OC(C)(C)C)C(=O)OC)c3)cc12. The Balaban J connectivity index is 1.89. The smallest absolute Gasteiger partial charge is 0.408 e.